The zero-order chi connectivity index (χ0) is 9.02. The number of hydrogen-bond donors (Lipinski definition) is 1. The lowest BCUT2D eigenvalue weighted by molar-refractivity contribution is -0.118. The highest BCUT2D eigenvalue weighted by Crippen LogP contribution is 2.08. The van der Waals surface area contributed by atoms with Gasteiger partial charge in [0.05, 0.1) is 6.04 Å². The molecule has 0 heterocycles. The van der Waals surface area contributed by atoms with Gasteiger partial charge in [0.25, 0.3) is 0 Å². The van der Waals surface area contributed by atoms with Crippen LogP contribution in [0.5, 0.6) is 0 Å². The molecule has 2 N–H and O–H groups in total. The molecule has 0 aliphatic heterocycles. The van der Waals surface area contributed by atoms with Crippen molar-refractivity contribution in [3.63, 3.8) is 0 Å². The van der Waals surface area contributed by atoms with Crippen molar-refractivity contribution in [1.29, 1.82) is 0 Å². The molecule has 0 saturated heterocycles. The molecule has 0 spiro atoms. The van der Waals surface area contributed by atoms with Crippen LogP contribution in [0.3, 0.4) is 0 Å². The van der Waals surface area contributed by atoms with E-state index in [0.29, 0.717) is 5.92 Å². The number of carbonyl (C=O) groups excluding carboxylic acids is 1. The Morgan fingerprint density at radius 3 is 2.09 bits per heavy atom. The van der Waals surface area contributed by atoms with Gasteiger partial charge in [0, 0.05) is 5.92 Å². The molecule has 65 valence electrons. The fraction of sp³-hybridized carbons (Fsp3) is 0.778. The quantitative estimate of drug-likeness (QED) is 0.671. The van der Waals surface area contributed by atoms with Gasteiger partial charge < -0.3 is 5.73 Å². The zero-order valence-electron chi connectivity index (χ0n) is 7.85. The molecule has 1 radical (unpaired) electrons. The van der Waals surface area contributed by atoms with E-state index in [1.165, 1.54) is 0 Å². The van der Waals surface area contributed by atoms with E-state index in [9.17, 15) is 4.79 Å². The van der Waals surface area contributed by atoms with Crippen LogP contribution < -0.4 is 5.73 Å². The summed E-state index contributed by atoms with van der Waals surface area (Å²) in [5.41, 5.74) is 5.65. The summed E-state index contributed by atoms with van der Waals surface area (Å²) in [6.45, 7) is 7.75. The maximum atomic E-state index is 11.2. The van der Waals surface area contributed by atoms with E-state index in [1.807, 2.05) is 13.8 Å². The largest absolute Gasteiger partial charge is 0.321 e. The summed E-state index contributed by atoms with van der Waals surface area (Å²) in [7, 11) is 0. The number of Topliss-reactive ketones (excluding diaryl/α,β-unsaturated/α-hetero) is 1. The minimum Gasteiger partial charge on any atom is -0.321 e. The average molecular weight is 156 g/mol. The van der Waals surface area contributed by atoms with E-state index < -0.39 is 0 Å². The standard InChI is InChI=1S/C9H18NO/c1-6(2)5-8(10)9(11)7(3)4/h6,8H,5,10H2,1-4H3/t8-/m0/s1. The molecule has 0 unspecified atom stereocenters. The van der Waals surface area contributed by atoms with Gasteiger partial charge in [-0.1, -0.05) is 27.7 Å². The van der Waals surface area contributed by atoms with Crippen LogP contribution in [0.2, 0.25) is 0 Å². The molecule has 0 rings (SSSR count). The van der Waals surface area contributed by atoms with Gasteiger partial charge in [0.1, 0.15) is 0 Å². The van der Waals surface area contributed by atoms with Gasteiger partial charge in [-0.15, -0.1) is 0 Å². The molecular formula is C9H18NO. The highest BCUT2D eigenvalue weighted by molar-refractivity contribution is 5.95. The summed E-state index contributed by atoms with van der Waals surface area (Å²) in [5.74, 6) is 1.39. The number of rotatable bonds is 4. The van der Waals surface area contributed by atoms with Crippen LogP contribution in [0.4, 0.5) is 0 Å². The Morgan fingerprint density at radius 1 is 1.36 bits per heavy atom. The van der Waals surface area contributed by atoms with Crippen molar-refractivity contribution < 1.29 is 4.79 Å². The lowest BCUT2D eigenvalue weighted by atomic mass is 9.95. The fourth-order valence-corrected chi connectivity index (χ4v) is 0.986. The second-order valence-corrected chi connectivity index (χ2v) is 3.60. The van der Waals surface area contributed by atoms with Crippen LogP contribution >= 0.6 is 0 Å². The average Bonchev–Trinajstić information content (AvgIpc) is 1.84. The molecule has 2 nitrogen and oxygen atoms in total. The lowest BCUT2D eigenvalue weighted by Gasteiger charge is -2.14. The smallest absolute Gasteiger partial charge is 0.156 e. The zero-order valence-corrected chi connectivity index (χ0v) is 7.85. The van der Waals surface area contributed by atoms with E-state index >= 15 is 0 Å². The summed E-state index contributed by atoms with van der Waals surface area (Å²) in [6, 6.07) is -0.292. The molecule has 0 aromatic heterocycles. The minimum atomic E-state index is -0.292. The molecule has 11 heavy (non-hydrogen) atoms. The van der Waals surface area contributed by atoms with E-state index in [-0.39, 0.29) is 11.8 Å². The van der Waals surface area contributed by atoms with E-state index in [4.69, 9.17) is 5.73 Å². The van der Waals surface area contributed by atoms with Crippen LogP contribution in [0.25, 0.3) is 0 Å². The van der Waals surface area contributed by atoms with Gasteiger partial charge in [-0.05, 0) is 12.3 Å². The van der Waals surface area contributed by atoms with Crippen LogP contribution in [0, 0.1) is 11.8 Å². The monoisotopic (exact) mass is 156 g/mol. The van der Waals surface area contributed by atoms with E-state index in [0.717, 1.165) is 12.3 Å². The first-order valence-corrected chi connectivity index (χ1v) is 4.05. The molecular weight excluding hydrogens is 138 g/mol. The van der Waals surface area contributed by atoms with E-state index in [1.54, 1.807) is 0 Å². The summed E-state index contributed by atoms with van der Waals surface area (Å²) in [5, 5.41) is 0. The van der Waals surface area contributed by atoms with Crippen molar-refractivity contribution in [2.75, 3.05) is 0 Å². The van der Waals surface area contributed by atoms with Crippen molar-refractivity contribution in [2.45, 2.75) is 40.2 Å². The van der Waals surface area contributed by atoms with Gasteiger partial charge >= 0.3 is 0 Å². The number of ketones is 1. The van der Waals surface area contributed by atoms with E-state index in [2.05, 4.69) is 13.8 Å². The second-order valence-electron chi connectivity index (χ2n) is 3.60. The molecule has 0 bridgehead atoms. The molecule has 0 fully saturated rings. The number of nitrogens with two attached hydrogens (primary N) is 1. The van der Waals surface area contributed by atoms with Gasteiger partial charge in [-0.3, -0.25) is 4.79 Å². The van der Waals surface area contributed by atoms with Gasteiger partial charge in [0.15, 0.2) is 5.78 Å². The van der Waals surface area contributed by atoms with Crippen LogP contribution in [0.1, 0.15) is 34.1 Å². The third-order valence-electron chi connectivity index (χ3n) is 1.55. The molecule has 0 aromatic rings. The predicted octanol–water partition coefficient (Wildman–Crippen LogP) is 1.54. The minimum absolute atomic E-state index is 0.0960. The van der Waals surface area contributed by atoms with Crippen molar-refractivity contribution in [2.24, 2.45) is 11.7 Å². The van der Waals surface area contributed by atoms with Crippen molar-refractivity contribution in [1.82, 2.24) is 0 Å². The van der Waals surface area contributed by atoms with Crippen LogP contribution in [0.15, 0.2) is 0 Å². The topological polar surface area (TPSA) is 43.1 Å². The van der Waals surface area contributed by atoms with Gasteiger partial charge in [-0.25, -0.2) is 0 Å². The SMILES string of the molecule is C[C](C)C(=O)[C@@H](N)CC(C)C. The molecule has 0 aliphatic rings. The summed E-state index contributed by atoms with van der Waals surface area (Å²) >= 11 is 0. The Bertz CT molecular complexity index is 130. The molecule has 2 heteroatoms. The van der Waals surface area contributed by atoms with Gasteiger partial charge in [-0.2, -0.15) is 0 Å². The first-order valence-electron chi connectivity index (χ1n) is 4.05. The lowest BCUT2D eigenvalue weighted by Crippen LogP contribution is -2.34. The molecule has 0 amide bonds. The van der Waals surface area contributed by atoms with Crippen LogP contribution in [-0.2, 0) is 4.79 Å². The Labute approximate surface area is 69.2 Å². The first-order chi connectivity index (χ1) is 4.95. The van der Waals surface area contributed by atoms with Gasteiger partial charge in [0.2, 0.25) is 0 Å². The number of hydrogen-bond acceptors (Lipinski definition) is 2. The first kappa shape index (κ1) is 10.6. The highest BCUT2D eigenvalue weighted by atomic mass is 16.1. The third-order valence-corrected chi connectivity index (χ3v) is 1.55. The van der Waals surface area contributed by atoms with Crippen LogP contribution in [-0.4, -0.2) is 11.8 Å². The Balaban J connectivity index is 3.83. The molecule has 1 atom stereocenters. The Morgan fingerprint density at radius 2 is 1.82 bits per heavy atom. The summed E-state index contributed by atoms with van der Waals surface area (Å²) in [4.78, 5) is 11.2. The summed E-state index contributed by atoms with van der Waals surface area (Å²) in [6.07, 6.45) is 0.782. The second kappa shape index (κ2) is 4.50. The van der Waals surface area contributed by atoms with Crippen molar-refractivity contribution >= 4 is 5.78 Å². The maximum Gasteiger partial charge on any atom is 0.156 e. The summed E-state index contributed by atoms with van der Waals surface area (Å²) < 4.78 is 0. The number of carbonyl (C=O) groups is 1. The maximum absolute atomic E-state index is 11.2. The Kier molecular flexibility index (Phi) is 4.34. The normalized spacial score (nSPS) is 14.1. The van der Waals surface area contributed by atoms with Crippen molar-refractivity contribution in [3.05, 3.63) is 5.92 Å². The predicted molar refractivity (Wildman–Crippen MR) is 47.0 cm³/mol. The Hall–Kier alpha value is -0.370. The molecule has 0 aliphatic carbocycles. The van der Waals surface area contributed by atoms with Crippen molar-refractivity contribution in [3.8, 4) is 0 Å². The fourth-order valence-electron chi connectivity index (χ4n) is 0.986. The molecule has 0 saturated carbocycles. The molecule has 0 aromatic carbocycles. The highest BCUT2D eigenvalue weighted by Gasteiger charge is 2.17. The third kappa shape index (κ3) is 4.14.